The zero-order valence-electron chi connectivity index (χ0n) is 10.3. The Balaban J connectivity index is 2.05. The Hall–Kier alpha value is -2.34. The third kappa shape index (κ3) is 2.37. The van der Waals surface area contributed by atoms with Crippen LogP contribution >= 0.6 is 15.9 Å². The fourth-order valence-corrected chi connectivity index (χ4v) is 2.20. The van der Waals surface area contributed by atoms with Crippen LogP contribution in [0.15, 0.2) is 53.0 Å². The summed E-state index contributed by atoms with van der Waals surface area (Å²) in [6.07, 6.45) is 0.769. The van der Waals surface area contributed by atoms with Gasteiger partial charge in [0, 0.05) is 15.6 Å². The second-order valence-electron chi connectivity index (χ2n) is 4.09. The van der Waals surface area contributed by atoms with Gasteiger partial charge >= 0.3 is 0 Å². The fourth-order valence-electron chi connectivity index (χ4n) is 1.82. The molecular formula is C14H9BrN4O. The number of aldehydes is 1. The van der Waals surface area contributed by atoms with Crippen molar-refractivity contribution in [3.05, 3.63) is 58.6 Å². The van der Waals surface area contributed by atoms with E-state index in [1.807, 2.05) is 36.4 Å². The molecule has 0 bridgehead atoms. The van der Waals surface area contributed by atoms with Gasteiger partial charge < -0.3 is 0 Å². The van der Waals surface area contributed by atoms with Crippen LogP contribution in [0.2, 0.25) is 0 Å². The molecular weight excluding hydrogens is 320 g/mol. The van der Waals surface area contributed by atoms with E-state index < -0.39 is 0 Å². The first-order chi connectivity index (χ1) is 9.78. The summed E-state index contributed by atoms with van der Waals surface area (Å²) in [5, 5.41) is 12.3. The normalized spacial score (nSPS) is 10.4. The summed E-state index contributed by atoms with van der Waals surface area (Å²) in [6, 6.07) is 14.9. The van der Waals surface area contributed by atoms with E-state index in [9.17, 15) is 4.79 Å². The Morgan fingerprint density at radius 2 is 1.90 bits per heavy atom. The minimum Gasteiger partial charge on any atom is -0.298 e. The summed E-state index contributed by atoms with van der Waals surface area (Å²) in [5.41, 5.74) is 1.97. The molecule has 0 atom stereocenters. The van der Waals surface area contributed by atoms with Gasteiger partial charge in [0.25, 0.3) is 0 Å². The van der Waals surface area contributed by atoms with Crippen molar-refractivity contribution >= 4 is 22.2 Å². The van der Waals surface area contributed by atoms with Crippen LogP contribution in [0.3, 0.4) is 0 Å². The van der Waals surface area contributed by atoms with Gasteiger partial charge in [0.15, 0.2) is 6.29 Å². The van der Waals surface area contributed by atoms with E-state index in [-0.39, 0.29) is 0 Å². The highest BCUT2D eigenvalue weighted by atomic mass is 79.9. The fraction of sp³-hybridized carbons (Fsp3) is 0. The van der Waals surface area contributed by atoms with Gasteiger partial charge in [-0.15, -0.1) is 15.0 Å². The van der Waals surface area contributed by atoms with Crippen molar-refractivity contribution in [3.63, 3.8) is 0 Å². The first kappa shape index (κ1) is 12.7. The highest BCUT2D eigenvalue weighted by Crippen LogP contribution is 2.19. The van der Waals surface area contributed by atoms with Crippen molar-refractivity contribution in [2.24, 2.45) is 0 Å². The molecule has 0 aliphatic carbocycles. The van der Waals surface area contributed by atoms with Crippen molar-refractivity contribution in [2.75, 3.05) is 0 Å². The molecule has 0 saturated carbocycles. The Morgan fingerprint density at radius 1 is 1.10 bits per heavy atom. The quantitative estimate of drug-likeness (QED) is 0.693. The van der Waals surface area contributed by atoms with Gasteiger partial charge in [-0.25, -0.2) is 0 Å². The van der Waals surface area contributed by atoms with Crippen LogP contribution in [0.1, 0.15) is 10.4 Å². The van der Waals surface area contributed by atoms with Crippen molar-refractivity contribution in [1.82, 2.24) is 20.2 Å². The number of carbonyl (C=O) groups is 1. The number of carbonyl (C=O) groups excluding carboxylic acids is 1. The highest BCUT2D eigenvalue weighted by Gasteiger charge is 2.10. The van der Waals surface area contributed by atoms with Gasteiger partial charge in [-0.05, 0) is 23.4 Å². The summed E-state index contributed by atoms with van der Waals surface area (Å²) >= 11 is 3.33. The molecule has 0 N–H and O–H groups in total. The number of benzene rings is 2. The first-order valence-electron chi connectivity index (χ1n) is 5.88. The third-order valence-electron chi connectivity index (χ3n) is 2.78. The molecule has 3 aromatic rings. The number of nitrogens with zero attached hydrogens (tertiary/aromatic N) is 4. The Kier molecular flexibility index (Phi) is 3.39. The molecule has 0 saturated heterocycles. The van der Waals surface area contributed by atoms with Gasteiger partial charge in [-0.1, -0.05) is 46.3 Å². The predicted octanol–water partition coefficient (Wildman–Crippen LogP) is 2.90. The number of tetrazole rings is 1. The second kappa shape index (κ2) is 5.34. The standard InChI is InChI=1S/C14H9BrN4O/c15-12-6-7-13(11(8-12)9-20)19-17-14(16-18-19)10-4-2-1-3-5-10/h1-9H. The van der Waals surface area contributed by atoms with Crippen LogP contribution in [0.4, 0.5) is 0 Å². The lowest BCUT2D eigenvalue weighted by Crippen LogP contribution is -2.03. The highest BCUT2D eigenvalue weighted by molar-refractivity contribution is 9.10. The molecule has 0 unspecified atom stereocenters. The lowest BCUT2D eigenvalue weighted by Gasteiger charge is -2.02. The topological polar surface area (TPSA) is 60.7 Å². The maximum atomic E-state index is 11.1. The Bertz CT molecular complexity index is 755. The van der Waals surface area contributed by atoms with E-state index in [0.717, 1.165) is 16.3 Å². The van der Waals surface area contributed by atoms with Gasteiger partial charge in [-0.3, -0.25) is 4.79 Å². The van der Waals surface area contributed by atoms with Crippen LogP contribution < -0.4 is 0 Å². The molecule has 0 aliphatic rings. The van der Waals surface area contributed by atoms with E-state index in [1.165, 1.54) is 4.80 Å². The Labute approximate surface area is 123 Å². The first-order valence-corrected chi connectivity index (χ1v) is 6.68. The molecule has 6 heteroatoms. The average molecular weight is 329 g/mol. The smallest absolute Gasteiger partial charge is 0.205 e. The number of rotatable bonds is 3. The molecule has 3 rings (SSSR count). The van der Waals surface area contributed by atoms with Crippen LogP contribution in [0.5, 0.6) is 0 Å². The Morgan fingerprint density at radius 3 is 2.65 bits per heavy atom. The molecule has 0 amide bonds. The van der Waals surface area contributed by atoms with Crippen LogP contribution in [0.25, 0.3) is 17.1 Å². The van der Waals surface area contributed by atoms with Crippen molar-refractivity contribution in [1.29, 1.82) is 0 Å². The minimum absolute atomic E-state index is 0.497. The lowest BCUT2D eigenvalue weighted by atomic mass is 10.2. The van der Waals surface area contributed by atoms with Crippen LogP contribution in [-0.4, -0.2) is 26.5 Å². The van der Waals surface area contributed by atoms with Crippen molar-refractivity contribution < 1.29 is 4.79 Å². The SMILES string of the molecule is O=Cc1cc(Br)ccc1-n1nnc(-c2ccccc2)n1. The molecule has 1 aromatic heterocycles. The molecule has 0 fully saturated rings. The van der Waals surface area contributed by atoms with Gasteiger partial charge in [0.1, 0.15) is 0 Å². The summed E-state index contributed by atoms with van der Waals surface area (Å²) in [5.74, 6) is 0.519. The molecule has 5 nitrogen and oxygen atoms in total. The maximum absolute atomic E-state index is 11.1. The maximum Gasteiger partial charge on any atom is 0.205 e. The molecule has 0 aliphatic heterocycles. The van der Waals surface area contributed by atoms with E-state index in [0.29, 0.717) is 17.1 Å². The van der Waals surface area contributed by atoms with Gasteiger partial charge in [0.2, 0.25) is 5.82 Å². The van der Waals surface area contributed by atoms with Crippen LogP contribution in [-0.2, 0) is 0 Å². The third-order valence-corrected chi connectivity index (χ3v) is 3.27. The second-order valence-corrected chi connectivity index (χ2v) is 5.01. The minimum atomic E-state index is 0.497. The van der Waals surface area contributed by atoms with Crippen molar-refractivity contribution in [2.45, 2.75) is 0 Å². The number of halogens is 1. The largest absolute Gasteiger partial charge is 0.298 e. The average Bonchev–Trinajstić information content (AvgIpc) is 2.97. The van der Waals surface area contributed by atoms with E-state index >= 15 is 0 Å². The van der Waals surface area contributed by atoms with Crippen LogP contribution in [0, 0.1) is 0 Å². The van der Waals surface area contributed by atoms with E-state index in [2.05, 4.69) is 31.3 Å². The monoisotopic (exact) mass is 328 g/mol. The predicted molar refractivity (Wildman–Crippen MR) is 77.7 cm³/mol. The summed E-state index contributed by atoms with van der Waals surface area (Å²) < 4.78 is 0.826. The molecule has 1 heterocycles. The van der Waals surface area contributed by atoms with E-state index in [1.54, 1.807) is 12.1 Å². The number of hydrogen-bond acceptors (Lipinski definition) is 4. The van der Waals surface area contributed by atoms with Crippen molar-refractivity contribution in [3.8, 4) is 17.1 Å². The number of aromatic nitrogens is 4. The lowest BCUT2D eigenvalue weighted by molar-refractivity contribution is 0.112. The molecule has 2 aromatic carbocycles. The van der Waals surface area contributed by atoms with E-state index in [4.69, 9.17) is 0 Å². The summed E-state index contributed by atoms with van der Waals surface area (Å²) in [7, 11) is 0. The molecule has 0 radical (unpaired) electrons. The summed E-state index contributed by atoms with van der Waals surface area (Å²) in [4.78, 5) is 12.5. The zero-order chi connectivity index (χ0) is 13.9. The molecule has 0 spiro atoms. The summed E-state index contributed by atoms with van der Waals surface area (Å²) in [6.45, 7) is 0. The van der Waals surface area contributed by atoms with Gasteiger partial charge in [-0.2, -0.15) is 0 Å². The number of hydrogen-bond donors (Lipinski definition) is 0. The van der Waals surface area contributed by atoms with Gasteiger partial charge in [0.05, 0.1) is 5.69 Å². The molecule has 98 valence electrons. The zero-order valence-corrected chi connectivity index (χ0v) is 11.9. The molecule has 20 heavy (non-hydrogen) atoms.